The van der Waals surface area contributed by atoms with E-state index in [1.54, 1.807) is 11.1 Å². The van der Waals surface area contributed by atoms with Crippen LogP contribution in [0, 0.1) is 0 Å². The Kier molecular flexibility index (Phi) is 12.7. The first-order valence-electron chi connectivity index (χ1n) is 14.6. The smallest absolute Gasteiger partial charge is 0.0102 e. The third kappa shape index (κ3) is 8.95. The highest BCUT2D eigenvalue weighted by molar-refractivity contribution is 5.78. The molecule has 3 rings (SSSR count). The van der Waals surface area contributed by atoms with Gasteiger partial charge in [0.1, 0.15) is 0 Å². The largest absolute Gasteiger partial charge is 0.0654 e. The minimum absolute atomic E-state index is 0.624. The van der Waals surface area contributed by atoms with Gasteiger partial charge in [0.2, 0.25) is 0 Å². The van der Waals surface area contributed by atoms with Gasteiger partial charge in [-0.15, -0.1) is 0 Å². The van der Waals surface area contributed by atoms with Gasteiger partial charge in [-0.25, -0.2) is 0 Å². The van der Waals surface area contributed by atoms with E-state index in [9.17, 15) is 0 Å². The highest BCUT2D eigenvalue weighted by Gasteiger charge is 2.27. The standard InChI is InChI=1S/C33H50/c1-2-3-4-5-6-7-8-9-10-11-12-13-14-15-16-17-18-19-24-29-30-25-20-22-27-32(30)33-28-23-21-26-31(29)33/h20-23,25-29H,2-19,24H2,1H3. The van der Waals surface area contributed by atoms with Gasteiger partial charge in [0.05, 0.1) is 0 Å². The van der Waals surface area contributed by atoms with E-state index in [-0.39, 0.29) is 0 Å². The van der Waals surface area contributed by atoms with Crippen molar-refractivity contribution in [2.75, 3.05) is 0 Å². The molecule has 0 aliphatic heterocycles. The van der Waals surface area contributed by atoms with Crippen molar-refractivity contribution in [1.29, 1.82) is 0 Å². The topological polar surface area (TPSA) is 0 Å². The number of rotatable bonds is 19. The molecule has 33 heavy (non-hydrogen) atoms. The molecule has 0 spiro atoms. The molecule has 0 N–H and O–H groups in total. The van der Waals surface area contributed by atoms with Crippen LogP contribution in [0.4, 0.5) is 0 Å². The second-order valence-electron chi connectivity index (χ2n) is 10.5. The lowest BCUT2D eigenvalue weighted by Gasteiger charge is -2.13. The van der Waals surface area contributed by atoms with Crippen LogP contribution < -0.4 is 0 Å². The SMILES string of the molecule is CCCCCCCCCCCCCCCCCCCCC1c2ccccc2-c2ccccc21. The first kappa shape index (κ1) is 26.1. The summed E-state index contributed by atoms with van der Waals surface area (Å²) >= 11 is 0. The number of benzene rings is 2. The highest BCUT2D eigenvalue weighted by atomic mass is 14.3. The van der Waals surface area contributed by atoms with E-state index < -0.39 is 0 Å². The van der Waals surface area contributed by atoms with Crippen molar-refractivity contribution in [3.05, 3.63) is 59.7 Å². The average Bonchev–Trinajstić information content (AvgIpc) is 3.17. The average molecular weight is 447 g/mol. The monoisotopic (exact) mass is 446 g/mol. The second-order valence-corrected chi connectivity index (χ2v) is 10.5. The van der Waals surface area contributed by atoms with Crippen LogP contribution in [-0.2, 0) is 0 Å². The predicted molar refractivity (Wildman–Crippen MR) is 147 cm³/mol. The van der Waals surface area contributed by atoms with E-state index in [0.29, 0.717) is 5.92 Å². The van der Waals surface area contributed by atoms with Gasteiger partial charge < -0.3 is 0 Å². The number of hydrogen-bond acceptors (Lipinski definition) is 0. The van der Waals surface area contributed by atoms with Crippen molar-refractivity contribution < 1.29 is 0 Å². The summed E-state index contributed by atoms with van der Waals surface area (Å²) in [6.45, 7) is 2.30. The molecule has 1 aliphatic carbocycles. The Balaban J connectivity index is 1.13. The third-order valence-electron chi connectivity index (χ3n) is 7.81. The molecule has 0 aromatic heterocycles. The maximum absolute atomic E-state index is 2.36. The van der Waals surface area contributed by atoms with E-state index >= 15 is 0 Å². The van der Waals surface area contributed by atoms with Gasteiger partial charge in [0.25, 0.3) is 0 Å². The summed E-state index contributed by atoms with van der Waals surface area (Å²) in [5, 5.41) is 0. The molecule has 0 saturated carbocycles. The van der Waals surface area contributed by atoms with E-state index in [1.165, 1.54) is 133 Å². The molecule has 0 radical (unpaired) electrons. The lowest BCUT2D eigenvalue weighted by molar-refractivity contribution is 0.521. The molecule has 1 aliphatic rings. The van der Waals surface area contributed by atoms with E-state index in [0.717, 1.165) is 0 Å². The molecule has 0 atom stereocenters. The zero-order valence-corrected chi connectivity index (χ0v) is 21.6. The van der Waals surface area contributed by atoms with Gasteiger partial charge in [-0.05, 0) is 28.7 Å². The van der Waals surface area contributed by atoms with E-state index in [2.05, 4.69) is 55.5 Å². The summed E-state index contributed by atoms with van der Waals surface area (Å²) in [7, 11) is 0. The second kappa shape index (κ2) is 16.1. The van der Waals surface area contributed by atoms with Crippen molar-refractivity contribution in [1.82, 2.24) is 0 Å². The van der Waals surface area contributed by atoms with Crippen molar-refractivity contribution >= 4 is 0 Å². The van der Waals surface area contributed by atoms with Crippen LogP contribution in [0.3, 0.4) is 0 Å². The number of unbranched alkanes of at least 4 members (excludes halogenated alkanes) is 17. The van der Waals surface area contributed by atoms with Crippen LogP contribution in [0.5, 0.6) is 0 Å². The molecule has 2 aromatic carbocycles. The Hall–Kier alpha value is -1.56. The number of fused-ring (bicyclic) bond motifs is 3. The molecule has 2 aromatic rings. The Morgan fingerprint density at radius 2 is 0.758 bits per heavy atom. The van der Waals surface area contributed by atoms with E-state index in [4.69, 9.17) is 0 Å². The van der Waals surface area contributed by atoms with Crippen molar-refractivity contribution in [3.8, 4) is 11.1 Å². The molecule has 0 amide bonds. The lowest BCUT2D eigenvalue weighted by Crippen LogP contribution is -1.96. The highest BCUT2D eigenvalue weighted by Crippen LogP contribution is 2.46. The molecular formula is C33H50. The minimum atomic E-state index is 0.624. The fraction of sp³-hybridized carbons (Fsp3) is 0.636. The first-order valence-corrected chi connectivity index (χ1v) is 14.6. The summed E-state index contributed by atoms with van der Waals surface area (Å²) in [5.41, 5.74) is 6.07. The summed E-state index contributed by atoms with van der Waals surface area (Å²) in [5.74, 6) is 0.624. The molecule has 182 valence electrons. The molecule has 0 bridgehead atoms. The van der Waals surface area contributed by atoms with Crippen molar-refractivity contribution in [2.24, 2.45) is 0 Å². The Bertz CT molecular complexity index is 713. The van der Waals surface area contributed by atoms with Crippen LogP contribution in [0.15, 0.2) is 48.5 Å². The minimum Gasteiger partial charge on any atom is -0.0654 e. The Morgan fingerprint density at radius 1 is 0.424 bits per heavy atom. The van der Waals surface area contributed by atoms with Gasteiger partial charge >= 0.3 is 0 Å². The molecule has 0 heterocycles. The van der Waals surface area contributed by atoms with Crippen LogP contribution in [0.2, 0.25) is 0 Å². The molecule has 0 nitrogen and oxygen atoms in total. The molecule has 0 unspecified atom stereocenters. The Morgan fingerprint density at radius 3 is 1.15 bits per heavy atom. The zero-order chi connectivity index (χ0) is 23.0. The van der Waals surface area contributed by atoms with E-state index in [1.807, 2.05) is 0 Å². The van der Waals surface area contributed by atoms with Crippen molar-refractivity contribution in [3.63, 3.8) is 0 Å². The van der Waals surface area contributed by atoms with Gasteiger partial charge in [0, 0.05) is 5.92 Å². The third-order valence-corrected chi connectivity index (χ3v) is 7.81. The number of hydrogen-bond donors (Lipinski definition) is 0. The quantitative estimate of drug-likeness (QED) is 0.188. The Labute approximate surface area is 205 Å². The summed E-state index contributed by atoms with van der Waals surface area (Å²) in [4.78, 5) is 0. The van der Waals surface area contributed by atoms with Crippen LogP contribution in [0.1, 0.15) is 146 Å². The van der Waals surface area contributed by atoms with Gasteiger partial charge in [0.15, 0.2) is 0 Å². The fourth-order valence-electron chi connectivity index (χ4n) is 5.82. The predicted octanol–water partition coefficient (Wildman–Crippen LogP) is 11.2. The summed E-state index contributed by atoms with van der Waals surface area (Å²) in [6, 6.07) is 18.1. The first-order chi connectivity index (χ1) is 16.4. The maximum Gasteiger partial charge on any atom is 0.0102 e. The normalized spacial score (nSPS) is 12.8. The molecule has 0 fully saturated rings. The maximum atomic E-state index is 2.36. The lowest BCUT2D eigenvalue weighted by atomic mass is 9.91. The van der Waals surface area contributed by atoms with Crippen LogP contribution >= 0.6 is 0 Å². The van der Waals surface area contributed by atoms with Gasteiger partial charge in [-0.3, -0.25) is 0 Å². The molecular weight excluding hydrogens is 396 g/mol. The molecule has 0 saturated heterocycles. The van der Waals surface area contributed by atoms with Crippen LogP contribution in [-0.4, -0.2) is 0 Å². The molecule has 0 heteroatoms. The van der Waals surface area contributed by atoms with Gasteiger partial charge in [-0.2, -0.15) is 0 Å². The van der Waals surface area contributed by atoms with Crippen LogP contribution in [0.25, 0.3) is 11.1 Å². The fourth-order valence-corrected chi connectivity index (χ4v) is 5.82. The summed E-state index contributed by atoms with van der Waals surface area (Å²) in [6.07, 6.45) is 27.4. The summed E-state index contributed by atoms with van der Waals surface area (Å²) < 4.78 is 0. The van der Waals surface area contributed by atoms with Crippen molar-refractivity contribution in [2.45, 2.75) is 135 Å². The van der Waals surface area contributed by atoms with Gasteiger partial charge in [-0.1, -0.05) is 171 Å². The zero-order valence-electron chi connectivity index (χ0n) is 21.6.